The van der Waals surface area contributed by atoms with Crippen molar-refractivity contribution in [1.29, 1.82) is 0 Å². The number of thioether (sulfide) groups is 1. The zero-order valence-corrected chi connectivity index (χ0v) is 9.51. The number of nitrogens with one attached hydrogen (secondary N) is 1. The molecule has 2 fully saturated rings. The van der Waals surface area contributed by atoms with Gasteiger partial charge < -0.3 is 10.1 Å². The van der Waals surface area contributed by atoms with E-state index in [4.69, 9.17) is 4.74 Å². The zero-order chi connectivity index (χ0) is 8.28. The Morgan fingerprint density at radius 2 is 1.85 bits per heavy atom. The first kappa shape index (κ1) is 11.6. The van der Waals surface area contributed by atoms with Gasteiger partial charge in [0.25, 0.3) is 0 Å². The molecule has 13 heavy (non-hydrogen) atoms. The predicted octanol–water partition coefficient (Wildman–Crippen LogP) is 1.68. The monoisotopic (exact) mass is 223 g/mol. The molecule has 0 unspecified atom stereocenters. The molecule has 0 aromatic heterocycles. The maximum atomic E-state index is 5.96. The minimum absolute atomic E-state index is 0. The van der Waals surface area contributed by atoms with Crippen molar-refractivity contribution in [3.05, 3.63) is 0 Å². The minimum atomic E-state index is 0. The molecular weight excluding hydrogens is 206 g/mol. The van der Waals surface area contributed by atoms with Crippen LogP contribution >= 0.6 is 24.2 Å². The van der Waals surface area contributed by atoms with Gasteiger partial charge in [-0.2, -0.15) is 11.8 Å². The maximum Gasteiger partial charge on any atom is 0.0711 e. The lowest BCUT2D eigenvalue weighted by molar-refractivity contribution is -0.0435. The Balaban J connectivity index is 0.000000845. The van der Waals surface area contributed by atoms with Gasteiger partial charge in [0.15, 0.2) is 0 Å². The van der Waals surface area contributed by atoms with Crippen LogP contribution in [0.1, 0.15) is 19.3 Å². The van der Waals surface area contributed by atoms with Crippen LogP contribution in [0.2, 0.25) is 0 Å². The Bertz CT molecular complexity index is 141. The fraction of sp³-hybridized carbons (Fsp3) is 1.00. The molecule has 0 saturated carbocycles. The lowest BCUT2D eigenvalue weighted by atomic mass is 9.93. The molecule has 2 saturated heterocycles. The van der Waals surface area contributed by atoms with Crippen LogP contribution in [0.5, 0.6) is 0 Å². The number of ether oxygens (including phenoxy) is 1. The molecule has 0 amide bonds. The van der Waals surface area contributed by atoms with Crippen LogP contribution in [0.25, 0.3) is 0 Å². The second-order valence-electron chi connectivity index (χ2n) is 3.64. The molecule has 0 bridgehead atoms. The molecule has 78 valence electrons. The summed E-state index contributed by atoms with van der Waals surface area (Å²) in [4.78, 5) is 0. The van der Waals surface area contributed by atoms with Crippen molar-refractivity contribution in [3.63, 3.8) is 0 Å². The van der Waals surface area contributed by atoms with E-state index in [1.807, 2.05) is 0 Å². The smallest absolute Gasteiger partial charge is 0.0711 e. The zero-order valence-electron chi connectivity index (χ0n) is 7.88. The van der Waals surface area contributed by atoms with E-state index in [-0.39, 0.29) is 18.0 Å². The third kappa shape index (κ3) is 3.01. The Labute approximate surface area is 90.6 Å². The van der Waals surface area contributed by atoms with Gasteiger partial charge >= 0.3 is 0 Å². The SMILES string of the molecule is C1COC2(CCN1)CCSCC2.Cl. The van der Waals surface area contributed by atoms with Gasteiger partial charge in [0.05, 0.1) is 12.2 Å². The van der Waals surface area contributed by atoms with E-state index >= 15 is 0 Å². The molecular formula is C9H18ClNOS. The normalized spacial score (nSPS) is 27.7. The summed E-state index contributed by atoms with van der Waals surface area (Å²) in [6.45, 7) is 3.09. The Morgan fingerprint density at radius 1 is 1.08 bits per heavy atom. The molecule has 0 aliphatic carbocycles. The highest BCUT2D eigenvalue weighted by Crippen LogP contribution is 2.33. The molecule has 2 heterocycles. The minimum Gasteiger partial charge on any atom is -0.374 e. The molecule has 2 rings (SSSR count). The van der Waals surface area contributed by atoms with Gasteiger partial charge in [-0.25, -0.2) is 0 Å². The third-order valence-electron chi connectivity index (χ3n) is 2.85. The third-order valence-corrected chi connectivity index (χ3v) is 3.83. The highest BCUT2D eigenvalue weighted by molar-refractivity contribution is 7.99. The van der Waals surface area contributed by atoms with Crippen LogP contribution < -0.4 is 5.32 Å². The van der Waals surface area contributed by atoms with Gasteiger partial charge in [0.1, 0.15) is 0 Å². The van der Waals surface area contributed by atoms with Crippen LogP contribution in [0, 0.1) is 0 Å². The van der Waals surface area contributed by atoms with E-state index in [0.29, 0.717) is 0 Å². The summed E-state index contributed by atoms with van der Waals surface area (Å²) in [5, 5.41) is 3.39. The van der Waals surface area contributed by atoms with E-state index < -0.39 is 0 Å². The van der Waals surface area contributed by atoms with Crippen LogP contribution in [0.4, 0.5) is 0 Å². The van der Waals surface area contributed by atoms with Crippen molar-refractivity contribution in [2.45, 2.75) is 24.9 Å². The van der Waals surface area contributed by atoms with E-state index in [9.17, 15) is 0 Å². The Morgan fingerprint density at radius 3 is 2.62 bits per heavy atom. The van der Waals surface area contributed by atoms with Crippen LogP contribution in [-0.2, 0) is 4.74 Å². The predicted molar refractivity (Wildman–Crippen MR) is 60.0 cm³/mol. The van der Waals surface area contributed by atoms with Crippen molar-refractivity contribution < 1.29 is 4.74 Å². The first-order valence-electron chi connectivity index (χ1n) is 4.84. The largest absolute Gasteiger partial charge is 0.374 e. The Hall–Kier alpha value is 0.560. The average molecular weight is 224 g/mol. The lowest BCUT2D eigenvalue weighted by Crippen LogP contribution is -2.37. The summed E-state index contributed by atoms with van der Waals surface area (Å²) < 4.78 is 5.96. The molecule has 0 radical (unpaired) electrons. The second-order valence-corrected chi connectivity index (χ2v) is 4.87. The van der Waals surface area contributed by atoms with Gasteiger partial charge in [0.2, 0.25) is 0 Å². The van der Waals surface area contributed by atoms with E-state index in [1.165, 1.54) is 30.8 Å². The summed E-state index contributed by atoms with van der Waals surface area (Å²) in [5.41, 5.74) is 0.259. The summed E-state index contributed by atoms with van der Waals surface area (Å²) in [7, 11) is 0. The molecule has 2 aliphatic heterocycles. The fourth-order valence-corrected chi connectivity index (χ4v) is 3.23. The number of halogens is 1. The highest BCUT2D eigenvalue weighted by Gasteiger charge is 2.33. The topological polar surface area (TPSA) is 21.3 Å². The van der Waals surface area contributed by atoms with Crippen molar-refractivity contribution in [1.82, 2.24) is 5.32 Å². The molecule has 1 N–H and O–H groups in total. The number of rotatable bonds is 0. The molecule has 2 aliphatic rings. The van der Waals surface area contributed by atoms with Crippen LogP contribution in [-0.4, -0.2) is 36.8 Å². The standard InChI is InChI=1S/C9H17NOS.ClH/c1-4-10-5-6-11-9(1)2-7-12-8-3-9;/h10H,1-8H2;1H. The van der Waals surface area contributed by atoms with Crippen LogP contribution in [0.15, 0.2) is 0 Å². The van der Waals surface area contributed by atoms with Gasteiger partial charge in [-0.15, -0.1) is 12.4 Å². The van der Waals surface area contributed by atoms with E-state index in [1.54, 1.807) is 0 Å². The first-order chi connectivity index (χ1) is 5.91. The second kappa shape index (κ2) is 5.44. The molecule has 0 atom stereocenters. The van der Waals surface area contributed by atoms with Gasteiger partial charge in [-0.1, -0.05) is 0 Å². The molecule has 4 heteroatoms. The van der Waals surface area contributed by atoms with E-state index in [0.717, 1.165) is 19.7 Å². The molecule has 2 nitrogen and oxygen atoms in total. The summed E-state index contributed by atoms with van der Waals surface area (Å²) >= 11 is 2.07. The fourth-order valence-electron chi connectivity index (χ4n) is 1.99. The van der Waals surface area contributed by atoms with Gasteiger partial charge in [0, 0.05) is 6.54 Å². The number of hydrogen-bond acceptors (Lipinski definition) is 3. The molecule has 1 spiro atoms. The summed E-state index contributed by atoms with van der Waals surface area (Å²) in [6, 6.07) is 0. The molecule has 0 aromatic rings. The van der Waals surface area contributed by atoms with Crippen molar-refractivity contribution >= 4 is 24.2 Å². The van der Waals surface area contributed by atoms with Crippen LogP contribution in [0.3, 0.4) is 0 Å². The van der Waals surface area contributed by atoms with Gasteiger partial charge in [-0.3, -0.25) is 0 Å². The number of hydrogen-bond donors (Lipinski definition) is 1. The molecule has 0 aromatic carbocycles. The van der Waals surface area contributed by atoms with E-state index in [2.05, 4.69) is 17.1 Å². The van der Waals surface area contributed by atoms with Crippen molar-refractivity contribution in [2.24, 2.45) is 0 Å². The van der Waals surface area contributed by atoms with Gasteiger partial charge in [-0.05, 0) is 37.3 Å². The lowest BCUT2D eigenvalue weighted by Gasteiger charge is -2.35. The Kier molecular flexibility index (Phi) is 4.87. The maximum absolute atomic E-state index is 5.96. The quantitative estimate of drug-likeness (QED) is 0.676. The summed E-state index contributed by atoms with van der Waals surface area (Å²) in [6.07, 6.45) is 3.74. The first-order valence-corrected chi connectivity index (χ1v) is 5.99. The average Bonchev–Trinajstić information content (AvgIpc) is 2.33. The van der Waals surface area contributed by atoms with Crippen molar-refractivity contribution in [3.8, 4) is 0 Å². The summed E-state index contributed by atoms with van der Waals surface area (Å²) in [5.74, 6) is 2.58. The highest BCUT2D eigenvalue weighted by atomic mass is 35.5. The van der Waals surface area contributed by atoms with Crippen molar-refractivity contribution in [2.75, 3.05) is 31.2 Å².